The molecule has 0 radical (unpaired) electrons. The van der Waals surface area contributed by atoms with Gasteiger partial charge < -0.3 is 14.8 Å². The lowest BCUT2D eigenvalue weighted by Gasteiger charge is -2.19. The van der Waals surface area contributed by atoms with E-state index in [0.717, 1.165) is 19.4 Å². The molecule has 28 heavy (non-hydrogen) atoms. The van der Waals surface area contributed by atoms with Crippen LogP contribution < -0.4 is 5.32 Å². The van der Waals surface area contributed by atoms with Gasteiger partial charge in [0.25, 0.3) is 0 Å². The zero-order valence-corrected chi connectivity index (χ0v) is 16.9. The summed E-state index contributed by atoms with van der Waals surface area (Å²) in [4.78, 5) is 11.8. The molecule has 0 heterocycles. The molecular weight excluding hydrogens is 350 g/mol. The first-order valence-electron chi connectivity index (χ1n) is 10.2. The molecule has 2 aromatic rings. The van der Waals surface area contributed by atoms with Crippen molar-refractivity contribution >= 4 is 6.09 Å². The lowest BCUT2D eigenvalue weighted by atomic mass is 9.90. The fourth-order valence-electron chi connectivity index (χ4n) is 3.75. The predicted octanol–water partition coefficient (Wildman–Crippen LogP) is 4.93. The van der Waals surface area contributed by atoms with Crippen LogP contribution in [0.1, 0.15) is 37.8 Å². The molecule has 3 rings (SSSR count). The summed E-state index contributed by atoms with van der Waals surface area (Å²) < 4.78 is 11.2. The van der Waals surface area contributed by atoms with Gasteiger partial charge in [-0.05, 0) is 35.8 Å². The molecular formula is C24H31NO3. The first kappa shape index (κ1) is 20.4. The number of ether oxygens (including phenoxy) is 2. The van der Waals surface area contributed by atoms with E-state index in [-0.39, 0.29) is 11.5 Å². The number of carbonyl (C=O) groups is 1. The van der Waals surface area contributed by atoms with Gasteiger partial charge in [0.1, 0.15) is 0 Å². The molecule has 4 nitrogen and oxygen atoms in total. The quantitative estimate of drug-likeness (QED) is 0.634. The second kappa shape index (κ2) is 9.74. The van der Waals surface area contributed by atoms with Gasteiger partial charge >= 0.3 is 6.09 Å². The van der Waals surface area contributed by atoms with E-state index in [1.165, 1.54) is 11.1 Å². The molecule has 1 N–H and O–H groups in total. The van der Waals surface area contributed by atoms with Gasteiger partial charge in [0.2, 0.25) is 0 Å². The van der Waals surface area contributed by atoms with Gasteiger partial charge in [-0.3, -0.25) is 0 Å². The Labute approximate surface area is 168 Å². The van der Waals surface area contributed by atoms with Crippen molar-refractivity contribution in [3.8, 4) is 0 Å². The SMILES string of the molecule is CC(C)COC(=O)NCC[C@]1(c2ccccc2)C[C@H]1COCc1ccccc1. The maximum absolute atomic E-state index is 11.8. The third-order valence-corrected chi connectivity index (χ3v) is 5.40. The maximum atomic E-state index is 11.8. The highest BCUT2D eigenvalue weighted by molar-refractivity contribution is 5.67. The number of amides is 1. The Kier molecular flexibility index (Phi) is 7.10. The van der Waals surface area contributed by atoms with Gasteiger partial charge in [0.15, 0.2) is 0 Å². The number of carbonyl (C=O) groups excluding carboxylic acids is 1. The second-order valence-electron chi connectivity index (χ2n) is 8.09. The van der Waals surface area contributed by atoms with Crippen molar-refractivity contribution in [2.45, 2.75) is 38.7 Å². The monoisotopic (exact) mass is 381 g/mol. The van der Waals surface area contributed by atoms with Gasteiger partial charge in [-0.25, -0.2) is 4.79 Å². The number of nitrogens with one attached hydrogen (secondary N) is 1. The van der Waals surface area contributed by atoms with Crippen molar-refractivity contribution in [1.82, 2.24) is 5.32 Å². The number of hydrogen-bond acceptors (Lipinski definition) is 3. The summed E-state index contributed by atoms with van der Waals surface area (Å²) >= 11 is 0. The summed E-state index contributed by atoms with van der Waals surface area (Å²) in [6.45, 7) is 6.50. The van der Waals surface area contributed by atoms with Gasteiger partial charge in [0.05, 0.1) is 19.8 Å². The van der Waals surface area contributed by atoms with Crippen molar-refractivity contribution in [3.05, 3.63) is 71.8 Å². The van der Waals surface area contributed by atoms with Crippen LogP contribution in [0.3, 0.4) is 0 Å². The van der Waals surface area contributed by atoms with Crippen molar-refractivity contribution in [3.63, 3.8) is 0 Å². The first-order valence-corrected chi connectivity index (χ1v) is 10.2. The Morgan fingerprint density at radius 2 is 1.79 bits per heavy atom. The Morgan fingerprint density at radius 1 is 1.11 bits per heavy atom. The standard InChI is InChI=1S/C24H31NO3/c1-19(2)16-28-23(26)25-14-13-24(21-11-7-4-8-12-21)15-22(24)18-27-17-20-9-5-3-6-10-20/h3-12,19,22H,13-18H2,1-2H3,(H,25,26)/t22-,24+/m0/s1. The molecule has 0 aromatic heterocycles. The van der Waals surface area contributed by atoms with E-state index < -0.39 is 0 Å². The summed E-state index contributed by atoms with van der Waals surface area (Å²) in [5.41, 5.74) is 2.62. The molecule has 0 unspecified atom stereocenters. The largest absolute Gasteiger partial charge is 0.449 e. The third kappa shape index (κ3) is 5.59. The van der Waals surface area contributed by atoms with E-state index >= 15 is 0 Å². The summed E-state index contributed by atoms with van der Waals surface area (Å²) in [7, 11) is 0. The summed E-state index contributed by atoms with van der Waals surface area (Å²) in [6, 6.07) is 20.9. The smallest absolute Gasteiger partial charge is 0.407 e. The molecule has 0 spiro atoms. The predicted molar refractivity (Wildman–Crippen MR) is 111 cm³/mol. The summed E-state index contributed by atoms with van der Waals surface area (Å²) in [5, 5.41) is 2.90. The highest BCUT2D eigenvalue weighted by Gasteiger charge is 2.54. The minimum Gasteiger partial charge on any atom is -0.449 e. The first-order chi connectivity index (χ1) is 13.6. The molecule has 0 aliphatic heterocycles. The van der Waals surface area contributed by atoms with Crippen LogP contribution in [0.25, 0.3) is 0 Å². The minimum absolute atomic E-state index is 0.0866. The molecule has 1 aliphatic carbocycles. The number of alkyl carbamates (subject to hydrolysis) is 1. The zero-order chi connectivity index (χ0) is 19.8. The van der Waals surface area contributed by atoms with Crippen molar-refractivity contribution in [2.24, 2.45) is 11.8 Å². The van der Waals surface area contributed by atoms with E-state index in [9.17, 15) is 4.79 Å². The van der Waals surface area contributed by atoms with Gasteiger partial charge in [-0.15, -0.1) is 0 Å². The molecule has 4 heteroatoms. The van der Waals surface area contributed by atoms with Gasteiger partial charge in [-0.2, -0.15) is 0 Å². The van der Waals surface area contributed by atoms with Crippen LogP contribution in [0.5, 0.6) is 0 Å². The van der Waals surface area contributed by atoms with Crippen LogP contribution in [-0.2, 0) is 21.5 Å². The zero-order valence-electron chi connectivity index (χ0n) is 16.9. The van der Waals surface area contributed by atoms with Crippen molar-refractivity contribution in [2.75, 3.05) is 19.8 Å². The highest BCUT2D eigenvalue weighted by atomic mass is 16.5. The summed E-state index contributed by atoms with van der Waals surface area (Å²) in [5.74, 6) is 0.822. The molecule has 150 valence electrons. The Balaban J connectivity index is 1.51. The van der Waals surface area contributed by atoms with Crippen LogP contribution in [0.2, 0.25) is 0 Å². The van der Waals surface area contributed by atoms with E-state index in [1.54, 1.807) is 0 Å². The number of hydrogen-bond donors (Lipinski definition) is 1. The molecule has 1 amide bonds. The maximum Gasteiger partial charge on any atom is 0.407 e. The van der Waals surface area contributed by atoms with E-state index in [4.69, 9.17) is 9.47 Å². The average Bonchev–Trinajstić information content (AvgIpc) is 3.42. The van der Waals surface area contributed by atoms with Gasteiger partial charge in [0, 0.05) is 12.0 Å². The molecule has 2 atom stereocenters. The highest BCUT2D eigenvalue weighted by Crippen LogP contribution is 2.56. The lowest BCUT2D eigenvalue weighted by molar-refractivity contribution is 0.105. The number of benzene rings is 2. The van der Waals surface area contributed by atoms with Crippen LogP contribution >= 0.6 is 0 Å². The molecule has 0 bridgehead atoms. The number of rotatable bonds is 10. The van der Waals surface area contributed by atoms with Crippen LogP contribution in [0, 0.1) is 11.8 Å². The molecule has 1 aliphatic rings. The van der Waals surface area contributed by atoms with Crippen LogP contribution in [0.15, 0.2) is 60.7 Å². The normalized spacial score (nSPS) is 20.8. The topological polar surface area (TPSA) is 47.6 Å². The molecule has 2 aromatic carbocycles. The second-order valence-corrected chi connectivity index (χ2v) is 8.09. The average molecular weight is 382 g/mol. The lowest BCUT2D eigenvalue weighted by Crippen LogP contribution is -2.29. The van der Waals surface area contributed by atoms with E-state index in [2.05, 4.69) is 41.7 Å². The third-order valence-electron chi connectivity index (χ3n) is 5.40. The summed E-state index contributed by atoms with van der Waals surface area (Å²) in [6.07, 6.45) is 1.66. The fraction of sp³-hybridized carbons (Fsp3) is 0.458. The van der Waals surface area contributed by atoms with Crippen LogP contribution in [-0.4, -0.2) is 25.9 Å². The van der Waals surface area contributed by atoms with Crippen molar-refractivity contribution in [1.29, 1.82) is 0 Å². The molecule has 1 saturated carbocycles. The molecule has 0 saturated heterocycles. The van der Waals surface area contributed by atoms with Crippen molar-refractivity contribution < 1.29 is 14.3 Å². The Bertz CT molecular complexity index is 732. The van der Waals surface area contributed by atoms with Crippen LogP contribution in [0.4, 0.5) is 4.79 Å². The van der Waals surface area contributed by atoms with E-state index in [1.807, 2.05) is 38.1 Å². The van der Waals surface area contributed by atoms with Gasteiger partial charge in [-0.1, -0.05) is 74.5 Å². The Hall–Kier alpha value is -2.33. The van der Waals surface area contributed by atoms with E-state index in [0.29, 0.717) is 31.6 Å². The fourth-order valence-corrected chi connectivity index (χ4v) is 3.75. The molecule has 1 fully saturated rings. The minimum atomic E-state index is -0.325. The Morgan fingerprint density at radius 3 is 2.46 bits per heavy atom.